The van der Waals surface area contributed by atoms with Gasteiger partial charge >= 0.3 is 0 Å². The molecule has 0 aliphatic heterocycles. The lowest BCUT2D eigenvalue weighted by Gasteiger charge is -2.39. The fraction of sp³-hybridized carbons (Fsp3) is 1.00. The molecule has 2 nitrogen and oxygen atoms in total. The van der Waals surface area contributed by atoms with E-state index in [1.54, 1.807) is 0 Å². The topological polar surface area (TPSA) is 29.5 Å². The molecule has 0 radical (unpaired) electrons. The summed E-state index contributed by atoms with van der Waals surface area (Å²) in [4.78, 5) is 0. The number of hydrogen-bond acceptors (Lipinski definition) is 2. The Morgan fingerprint density at radius 1 is 1.44 bits per heavy atom. The van der Waals surface area contributed by atoms with Crippen molar-refractivity contribution in [1.29, 1.82) is 0 Å². The van der Waals surface area contributed by atoms with Crippen LogP contribution in [0, 0.1) is 17.8 Å². The third-order valence-electron chi connectivity index (χ3n) is 3.73. The fourth-order valence-electron chi connectivity index (χ4n) is 2.57. The lowest BCUT2D eigenvalue weighted by Crippen LogP contribution is -2.40. The minimum atomic E-state index is -1.48. The number of rotatable bonds is 4. The molecule has 0 amide bonds. The average Bonchev–Trinajstić information content (AvgIpc) is 2.16. The molecule has 1 rings (SSSR count). The van der Waals surface area contributed by atoms with E-state index in [4.69, 9.17) is 16.3 Å². The Kier molecular flexibility index (Phi) is 5.09. The molecule has 0 aromatic carbocycles. The molecule has 0 saturated heterocycles. The van der Waals surface area contributed by atoms with Crippen molar-refractivity contribution in [1.82, 2.24) is 0 Å². The van der Waals surface area contributed by atoms with Gasteiger partial charge in [-0.05, 0) is 30.6 Å². The number of ether oxygens (including phenoxy) is 1. The predicted octanol–water partition coefficient (Wildman–Crippen LogP) is 3.76. The molecular weight excluding hydrogens is 224 g/mol. The van der Waals surface area contributed by atoms with Crippen LogP contribution in [-0.4, -0.2) is 16.5 Å². The first-order chi connectivity index (χ1) is 7.35. The number of halogens is 1. The summed E-state index contributed by atoms with van der Waals surface area (Å²) in [6, 6.07) is 0. The Bertz CT molecular complexity index is 216. The standard InChI is InChI=1S/C13H25ClO2/c1-5-13(14,15)16-12-8-10(4)6-7-11(12)9(2)3/h9-12,15H,5-8H2,1-4H3. The van der Waals surface area contributed by atoms with Gasteiger partial charge in [0.05, 0.1) is 6.10 Å². The quantitative estimate of drug-likeness (QED) is 0.606. The summed E-state index contributed by atoms with van der Waals surface area (Å²) in [5.41, 5.74) is 0. The molecule has 0 spiro atoms. The van der Waals surface area contributed by atoms with Crippen LogP contribution in [0.3, 0.4) is 0 Å². The Hall–Kier alpha value is 0.210. The summed E-state index contributed by atoms with van der Waals surface area (Å²) >= 11 is 5.91. The van der Waals surface area contributed by atoms with Crippen LogP contribution in [0.25, 0.3) is 0 Å². The average molecular weight is 249 g/mol. The van der Waals surface area contributed by atoms with Crippen molar-refractivity contribution in [3.8, 4) is 0 Å². The van der Waals surface area contributed by atoms with Gasteiger partial charge in [0.2, 0.25) is 5.25 Å². The number of alkyl halides is 1. The smallest absolute Gasteiger partial charge is 0.245 e. The molecule has 1 N–H and O–H groups in total. The van der Waals surface area contributed by atoms with Crippen molar-refractivity contribution in [2.75, 3.05) is 0 Å². The highest BCUT2D eigenvalue weighted by Crippen LogP contribution is 2.38. The molecule has 0 aromatic rings. The summed E-state index contributed by atoms with van der Waals surface area (Å²) in [7, 11) is 0. The molecule has 0 aromatic heterocycles. The molecule has 4 atom stereocenters. The molecule has 1 saturated carbocycles. The minimum Gasteiger partial charge on any atom is -0.353 e. The molecule has 1 fully saturated rings. The number of hydrogen-bond donors (Lipinski definition) is 1. The van der Waals surface area contributed by atoms with E-state index >= 15 is 0 Å². The second-order valence-electron chi connectivity index (χ2n) is 5.52. The maximum Gasteiger partial charge on any atom is 0.245 e. The normalized spacial score (nSPS) is 35.1. The summed E-state index contributed by atoms with van der Waals surface area (Å²) in [5, 5.41) is 8.33. The summed E-state index contributed by atoms with van der Waals surface area (Å²) in [6.07, 6.45) is 3.98. The van der Waals surface area contributed by atoms with Crippen molar-refractivity contribution in [2.45, 2.75) is 64.7 Å². The highest BCUT2D eigenvalue weighted by atomic mass is 35.5. The second-order valence-corrected chi connectivity index (χ2v) is 6.12. The van der Waals surface area contributed by atoms with Gasteiger partial charge in [-0.15, -0.1) is 0 Å². The zero-order chi connectivity index (χ0) is 12.3. The van der Waals surface area contributed by atoms with Crippen molar-refractivity contribution < 1.29 is 9.84 Å². The highest BCUT2D eigenvalue weighted by molar-refractivity contribution is 6.21. The van der Waals surface area contributed by atoms with Gasteiger partial charge in [-0.25, -0.2) is 0 Å². The van der Waals surface area contributed by atoms with Crippen LogP contribution in [0.4, 0.5) is 0 Å². The highest BCUT2D eigenvalue weighted by Gasteiger charge is 2.36. The number of aliphatic hydroxyl groups is 1. The SMILES string of the molecule is CCC(O)(Cl)OC1CC(C)CCC1C(C)C. The van der Waals surface area contributed by atoms with Gasteiger partial charge in [-0.3, -0.25) is 0 Å². The van der Waals surface area contributed by atoms with Crippen LogP contribution in [0.15, 0.2) is 0 Å². The molecule has 16 heavy (non-hydrogen) atoms. The van der Waals surface area contributed by atoms with Crippen LogP contribution in [-0.2, 0) is 4.74 Å². The first-order valence-electron chi connectivity index (χ1n) is 6.44. The Morgan fingerprint density at radius 2 is 2.06 bits per heavy atom. The Morgan fingerprint density at radius 3 is 2.56 bits per heavy atom. The van der Waals surface area contributed by atoms with E-state index in [-0.39, 0.29) is 6.10 Å². The molecule has 1 aliphatic rings. The van der Waals surface area contributed by atoms with Crippen LogP contribution in [0.1, 0.15) is 53.4 Å². The summed E-state index contributed by atoms with van der Waals surface area (Å²) in [5.74, 6) is 1.78. The zero-order valence-electron chi connectivity index (χ0n) is 10.9. The first kappa shape index (κ1) is 14.3. The van der Waals surface area contributed by atoms with Crippen LogP contribution < -0.4 is 0 Å². The maximum absolute atomic E-state index is 9.80. The van der Waals surface area contributed by atoms with E-state index in [0.29, 0.717) is 24.2 Å². The first-order valence-corrected chi connectivity index (χ1v) is 6.82. The van der Waals surface area contributed by atoms with Gasteiger partial charge in [0.1, 0.15) is 0 Å². The van der Waals surface area contributed by atoms with E-state index < -0.39 is 5.25 Å². The molecule has 4 unspecified atom stereocenters. The van der Waals surface area contributed by atoms with Gasteiger partial charge in [0.25, 0.3) is 0 Å². The summed E-state index contributed by atoms with van der Waals surface area (Å²) in [6.45, 7) is 8.52. The largest absolute Gasteiger partial charge is 0.353 e. The van der Waals surface area contributed by atoms with Crippen LogP contribution >= 0.6 is 11.6 Å². The van der Waals surface area contributed by atoms with E-state index in [2.05, 4.69) is 20.8 Å². The lowest BCUT2D eigenvalue weighted by molar-refractivity contribution is -0.199. The van der Waals surface area contributed by atoms with Gasteiger partial charge < -0.3 is 9.84 Å². The van der Waals surface area contributed by atoms with Gasteiger partial charge in [-0.2, -0.15) is 0 Å². The van der Waals surface area contributed by atoms with Crippen molar-refractivity contribution in [3.63, 3.8) is 0 Å². The third kappa shape index (κ3) is 3.90. The lowest BCUT2D eigenvalue weighted by atomic mass is 9.75. The van der Waals surface area contributed by atoms with E-state index in [9.17, 15) is 5.11 Å². The van der Waals surface area contributed by atoms with Crippen molar-refractivity contribution in [2.24, 2.45) is 17.8 Å². The Labute approximate surface area is 104 Å². The maximum atomic E-state index is 9.80. The predicted molar refractivity (Wildman–Crippen MR) is 67.3 cm³/mol. The Balaban J connectivity index is 2.64. The molecule has 3 heteroatoms. The van der Waals surface area contributed by atoms with Crippen molar-refractivity contribution >= 4 is 11.6 Å². The third-order valence-corrected chi connectivity index (χ3v) is 4.09. The second kappa shape index (κ2) is 5.70. The molecule has 0 bridgehead atoms. The monoisotopic (exact) mass is 248 g/mol. The minimum absolute atomic E-state index is 0.103. The van der Waals surface area contributed by atoms with Crippen LogP contribution in [0.2, 0.25) is 0 Å². The van der Waals surface area contributed by atoms with Gasteiger partial charge in [0, 0.05) is 6.42 Å². The molecule has 96 valence electrons. The zero-order valence-corrected chi connectivity index (χ0v) is 11.6. The van der Waals surface area contributed by atoms with Gasteiger partial charge in [-0.1, -0.05) is 45.7 Å². The van der Waals surface area contributed by atoms with E-state index in [1.807, 2.05) is 6.92 Å². The molecular formula is C13H25ClO2. The van der Waals surface area contributed by atoms with E-state index in [0.717, 1.165) is 6.42 Å². The molecule has 1 aliphatic carbocycles. The van der Waals surface area contributed by atoms with E-state index in [1.165, 1.54) is 12.8 Å². The molecule has 0 heterocycles. The fourth-order valence-corrected chi connectivity index (χ4v) is 2.68. The van der Waals surface area contributed by atoms with Crippen LogP contribution in [0.5, 0.6) is 0 Å². The van der Waals surface area contributed by atoms with Crippen molar-refractivity contribution in [3.05, 3.63) is 0 Å². The van der Waals surface area contributed by atoms with Gasteiger partial charge in [0.15, 0.2) is 0 Å². The summed E-state index contributed by atoms with van der Waals surface area (Å²) < 4.78 is 5.69.